The van der Waals surface area contributed by atoms with Crippen molar-refractivity contribution >= 4 is 10.1 Å². The van der Waals surface area contributed by atoms with Crippen LogP contribution in [0, 0.1) is 6.92 Å². The van der Waals surface area contributed by atoms with E-state index in [9.17, 15) is 8.42 Å². The van der Waals surface area contributed by atoms with Gasteiger partial charge in [-0.3, -0.25) is 4.55 Å². The molecular formula is C10H15NO3S. The standard InChI is InChI=1S/C7H8O3S.C3H7N/c1-6-2-4-7(5-3-6)11(8,9)10;4-3-1-2-3/h2-5H,1H3,(H,8,9,10);3H,1-2,4H2. The fraction of sp³-hybridized carbons (Fsp3) is 0.400. The molecule has 1 aromatic carbocycles. The van der Waals surface area contributed by atoms with Crippen molar-refractivity contribution in [2.24, 2.45) is 5.73 Å². The summed E-state index contributed by atoms with van der Waals surface area (Å²) in [4.78, 5) is -0.0666. The van der Waals surface area contributed by atoms with Crippen molar-refractivity contribution in [3.8, 4) is 0 Å². The first-order valence-corrected chi connectivity index (χ1v) is 6.13. The van der Waals surface area contributed by atoms with E-state index in [0.29, 0.717) is 6.04 Å². The monoisotopic (exact) mass is 229 g/mol. The predicted molar refractivity (Wildman–Crippen MR) is 58.2 cm³/mol. The fourth-order valence-electron chi connectivity index (χ4n) is 0.806. The molecule has 15 heavy (non-hydrogen) atoms. The van der Waals surface area contributed by atoms with Crippen LogP contribution in [0.4, 0.5) is 0 Å². The van der Waals surface area contributed by atoms with Gasteiger partial charge in [-0.1, -0.05) is 17.7 Å². The van der Waals surface area contributed by atoms with E-state index in [1.807, 2.05) is 6.92 Å². The maximum atomic E-state index is 10.5. The van der Waals surface area contributed by atoms with Gasteiger partial charge in [0.25, 0.3) is 10.1 Å². The van der Waals surface area contributed by atoms with Gasteiger partial charge in [-0.15, -0.1) is 0 Å². The van der Waals surface area contributed by atoms with Crippen LogP contribution in [-0.2, 0) is 10.1 Å². The maximum absolute atomic E-state index is 10.5. The predicted octanol–water partition coefficient (Wildman–Crippen LogP) is 1.35. The summed E-state index contributed by atoms with van der Waals surface area (Å²) in [6.45, 7) is 1.84. The van der Waals surface area contributed by atoms with E-state index in [1.165, 1.54) is 25.0 Å². The van der Waals surface area contributed by atoms with E-state index in [2.05, 4.69) is 0 Å². The average molecular weight is 229 g/mol. The quantitative estimate of drug-likeness (QED) is 0.712. The molecule has 0 heterocycles. The molecule has 0 unspecified atom stereocenters. The fourth-order valence-corrected chi connectivity index (χ4v) is 1.29. The first-order chi connectivity index (χ1) is 6.89. The molecule has 1 aliphatic rings. The molecule has 0 aromatic heterocycles. The van der Waals surface area contributed by atoms with Crippen molar-refractivity contribution < 1.29 is 13.0 Å². The molecule has 4 nitrogen and oxygen atoms in total. The Morgan fingerprint density at radius 2 is 1.67 bits per heavy atom. The lowest BCUT2D eigenvalue weighted by Gasteiger charge is -1.95. The molecule has 1 aromatic rings. The lowest BCUT2D eigenvalue weighted by molar-refractivity contribution is 0.483. The molecule has 0 saturated heterocycles. The lowest BCUT2D eigenvalue weighted by Crippen LogP contribution is -1.96. The van der Waals surface area contributed by atoms with E-state index in [-0.39, 0.29) is 4.90 Å². The van der Waals surface area contributed by atoms with Gasteiger partial charge in [0.05, 0.1) is 4.90 Å². The average Bonchev–Trinajstić information content (AvgIpc) is 2.88. The minimum atomic E-state index is -4.02. The smallest absolute Gasteiger partial charge is 0.294 e. The van der Waals surface area contributed by atoms with Crippen LogP contribution in [0.25, 0.3) is 0 Å². The first-order valence-electron chi connectivity index (χ1n) is 4.69. The lowest BCUT2D eigenvalue weighted by atomic mass is 10.2. The van der Waals surface area contributed by atoms with Crippen molar-refractivity contribution in [1.82, 2.24) is 0 Å². The van der Waals surface area contributed by atoms with Gasteiger partial charge in [0.15, 0.2) is 0 Å². The van der Waals surface area contributed by atoms with Crippen LogP contribution in [0.1, 0.15) is 18.4 Å². The maximum Gasteiger partial charge on any atom is 0.294 e. The molecular weight excluding hydrogens is 214 g/mol. The normalized spacial score (nSPS) is 15.4. The zero-order chi connectivity index (χ0) is 11.5. The Morgan fingerprint density at radius 1 is 1.27 bits per heavy atom. The summed E-state index contributed by atoms with van der Waals surface area (Å²) in [6, 6.07) is 6.57. The number of rotatable bonds is 1. The van der Waals surface area contributed by atoms with Crippen molar-refractivity contribution in [1.29, 1.82) is 0 Å². The molecule has 0 bridgehead atoms. The van der Waals surface area contributed by atoms with E-state index in [1.54, 1.807) is 12.1 Å². The highest BCUT2D eigenvalue weighted by molar-refractivity contribution is 7.85. The molecule has 0 radical (unpaired) electrons. The highest BCUT2D eigenvalue weighted by Crippen LogP contribution is 2.13. The van der Waals surface area contributed by atoms with Crippen LogP contribution < -0.4 is 5.73 Å². The zero-order valence-corrected chi connectivity index (χ0v) is 9.37. The van der Waals surface area contributed by atoms with Gasteiger partial charge in [0, 0.05) is 6.04 Å². The summed E-state index contributed by atoms with van der Waals surface area (Å²) in [7, 11) is -4.02. The highest BCUT2D eigenvalue weighted by Gasteiger charge is 2.13. The molecule has 3 N–H and O–H groups in total. The summed E-state index contributed by atoms with van der Waals surface area (Å²) in [5.41, 5.74) is 6.18. The molecule has 1 fully saturated rings. The Bertz CT molecular complexity index is 407. The number of hydrogen-bond acceptors (Lipinski definition) is 3. The van der Waals surface area contributed by atoms with E-state index >= 15 is 0 Å². The van der Waals surface area contributed by atoms with Gasteiger partial charge < -0.3 is 5.73 Å². The number of nitrogens with two attached hydrogens (primary N) is 1. The van der Waals surface area contributed by atoms with Crippen LogP contribution in [0.5, 0.6) is 0 Å². The summed E-state index contributed by atoms with van der Waals surface area (Å²) >= 11 is 0. The van der Waals surface area contributed by atoms with Gasteiger partial charge in [0.2, 0.25) is 0 Å². The molecule has 0 aliphatic heterocycles. The van der Waals surface area contributed by atoms with Gasteiger partial charge >= 0.3 is 0 Å². The minimum absolute atomic E-state index is 0.0666. The van der Waals surface area contributed by atoms with Crippen LogP contribution in [0.3, 0.4) is 0 Å². The first kappa shape index (κ1) is 12.2. The molecule has 1 aliphatic carbocycles. The van der Waals surface area contributed by atoms with Crippen LogP contribution in [-0.4, -0.2) is 19.0 Å². The molecule has 0 spiro atoms. The third-order valence-electron chi connectivity index (χ3n) is 1.94. The Labute approximate surface area is 89.9 Å². The number of aryl methyl sites for hydroxylation is 1. The van der Waals surface area contributed by atoms with Crippen molar-refractivity contribution in [3.05, 3.63) is 29.8 Å². The molecule has 84 valence electrons. The molecule has 1 saturated carbocycles. The molecule has 0 amide bonds. The topological polar surface area (TPSA) is 80.4 Å². The highest BCUT2D eigenvalue weighted by atomic mass is 32.2. The van der Waals surface area contributed by atoms with Crippen LogP contribution in [0.2, 0.25) is 0 Å². The van der Waals surface area contributed by atoms with Crippen molar-refractivity contribution in [3.63, 3.8) is 0 Å². The number of benzene rings is 1. The summed E-state index contributed by atoms with van der Waals surface area (Å²) < 4.78 is 29.6. The third-order valence-corrected chi connectivity index (χ3v) is 2.81. The molecule has 0 atom stereocenters. The van der Waals surface area contributed by atoms with E-state index in [4.69, 9.17) is 10.3 Å². The van der Waals surface area contributed by atoms with E-state index < -0.39 is 10.1 Å². The SMILES string of the molecule is Cc1ccc(S(=O)(=O)O)cc1.NC1CC1. The Hall–Kier alpha value is -0.910. The molecule has 2 rings (SSSR count). The van der Waals surface area contributed by atoms with Gasteiger partial charge in [-0.05, 0) is 31.9 Å². The summed E-state index contributed by atoms with van der Waals surface area (Å²) in [6.07, 6.45) is 2.53. The number of hydrogen-bond donors (Lipinski definition) is 2. The Kier molecular flexibility index (Phi) is 3.84. The summed E-state index contributed by atoms with van der Waals surface area (Å²) in [5, 5.41) is 0. The molecule has 5 heteroatoms. The van der Waals surface area contributed by atoms with Crippen LogP contribution >= 0.6 is 0 Å². The van der Waals surface area contributed by atoms with Gasteiger partial charge in [-0.25, -0.2) is 0 Å². The third kappa shape index (κ3) is 4.92. The largest absolute Gasteiger partial charge is 0.328 e. The Balaban J connectivity index is 0.000000234. The van der Waals surface area contributed by atoms with Gasteiger partial charge in [0.1, 0.15) is 0 Å². The second kappa shape index (κ2) is 4.74. The van der Waals surface area contributed by atoms with E-state index in [0.717, 1.165) is 5.56 Å². The van der Waals surface area contributed by atoms with Gasteiger partial charge in [-0.2, -0.15) is 8.42 Å². The second-order valence-corrected chi connectivity index (χ2v) is 5.05. The minimum Gasteiger partial charge on any atom is -0.328 e. The Morgan fingerprint density at radius 3 is 1.93 bits per heavy atom. The van der Waals surface area contributed by atoms with Crippen LogP contribution in [0.15, 0.2) is 29.2 Å². The zero-order valence-electron chi connectivity index (χ0n) is 8.55. The second-order valence-electron chi connectivity index (χ2n) is 3.63. The summed E-state index contributed by atoms with van der Waals surface area (Å²) in [5.74, 6) is 0. The van der Waals surface area contributed by atoms with Crippen molar-refractivity contribution in [2.45, 2.75) is 30.7 Å². The van der Waals surface area contributed by atoms with Crippen molar-refractivity contribution in [2.75, 3.05) is 0 Å².